The Hall–Kier alpha value is -2.71. The number of rotatable bonds is 5. The van der Waals surface area contributed by atoms with Crippen molar-refractivity contribution in [3.8, 4) is 0 Å². The summed E-state index contributed by atoms with van der Waals surface area (Å²) in [6.45, 7) is 3.40. The SMILES string of the molecule is Cc1c(NC(=O)COC(=O)c2ccc(N3C(=O)[C@@H]4CC[C@H](C)C[C@H]4C3=O)cc2)ccc(Br)c1Cl. The third-order valence-electron chi connectivity index (χ3n) is 6.50. The molecule has 2 fully saturated rings. The summed E-state index contributed by atoms with van der Waals surface area (Å²) < 4.78 is 5.82. The van der Waals surface area contributed by atoms with Gasteiger partial charge in [-0.15, -0.1) is 0 Å². The van der Waals surface area contributed by atoms with Crippen molar-refractivity contribution in [2.24, 2.45) is 17.8 Å². The van der Waals surface area contributed by atoms with Crippen LogP contribution in [-0.2, 0) is 19.1 Å². The number of fused-ring (bicyclic) bond motifs is 1. The van der Waals surface area contributed by atoms with Crippen molar-refractivity contribution in [1.82, 2.24) is 0 Å². The fraction of sp³-hybridized carbons (Fsp3) is 0.360. The highest BCUT2D eigenvalue weighted by molar-refractivity contribution is 9.10. The zero-order chi connectivity index (χ0) is 24.6. The minimum absolute atomic E-state index is 0.169. The molecule has 0 radical (unpaired) electrons. The number of halogens is 2. The zero-order valence-corrected chi connectivity index (χ0v) is 21.1. The summed E-state index contributed by atoms with van der Waals surface area (Å²) in [7, 11) is 0. The quantitative estimate of drug-likeness (QED) is 0.414. The Morgan fingerprint density at radius 3 is 2.47 bits per heavy atom. The second-order valence-corrected chi connectivity index (χ2v) is 10.1. The van der Waals surface area contributed by atoms with E-state index in [1.54, 1.807) is 31.2 Å². The maximum Gasteiger partial charge on any atom is 0.338 e. The van der Waals surface area contributed by atoms with E-state index in [9.17, 15) is 19.2 Å². The van der Waals surface area contributed by atoms with Crippen LogP contribution in [-0.4, -0.2) is 30.3 Å². The lowest BCUT2D eigenvalue weighted by Gasteiger charge is -2.25. The summed E-state index contributed by atoms with van der Waals surface area (Å²) in [4.78, 5) is 51.5. The van der Waals surface area contributed by atoms with Crippen molar-refractivity contribution in [2.75, 3.05) is 16.8 Å². The van der Waals surface area contributed by atoms with Gasteiger partial charge in [0.2, 0.25) is 11.8 Å². The van der Waals surface area contributed by atoms with Crippen molar-refractivity contribution in [3.63, 3.8) is 0 Å². The number of benzene rings is 2. The molecule has 1 saturated carbocycles. The molecule has 2 aromatic rings. The molecule has 1 aliphatic carbocycles. The highest BCUT2D eigenvalue weighted by atomic mass is 79.9. The standard InChI is InChI=1S/C25H24BrClN2O5/c1-13-3-8-17-18(11-13)24(32)29(23(17)31)16-6-4-15(5-7-16)25(33)34-12-21(30)28-20-10-9-19(26)22(27)14(20)2/h4-7,9-10,13,17-18H,3,8,11-12H2,1-2H3,(H,28,30)/t13-,17+,18+/m0/s1. The van der Waals surface area contributed by atoms with Crippen molar-refractivity contribution >= 4 is 62.6 Å². The van der Waals surface area contributed by atoms with Crippen LogP contribution in [0, 0.1) is 24.7 Å². The van der Waals surface area contributed by atoms with Crippen molar-refractivity contribution in [2.45, 2.75) is 33.1 Å². The van der Waals surface area contributed by atoms with Crippen molar-refractivity contribution < 1.29 is 23.9 Å². The molecule has 3 atom stereocenters. The van der Waals surface area contributed by atoms with Crippen molar-refractivity contribution in [1.29, 1.82) is 0 Å². The maximum atomic E-state index is 12.9. The number of amides is 3. The van der Waals surface area contributed by atoms with Gasteiger partial charge in [-0.3, -0.25) is 19.3 Å². The number of carbonyl (C=O) groups excluding carboxylic acids is 4. The molecule has 2 aromatic carbocycles. The number of hydrogen-bond acceptors (Lipinski definition) is 5. The summed E-state index contributed by atoms with van der Waals surface area (Å²) >= 11 is 9.48. The van der Waals surface area contributed by atoms with Gasteiger partial charge in [0.15, 0.2) is 6.61 Å². The molecule has 2 aliphatic rings. The number of ether oxygens (including phenoxy) is 1. The number of hydrogen-bond donors (Lipinski definition) is 1. The summed E-state index contributed by atoms with van der Waals surface area (Å²) in [5, 5.41) is 3.15. The normalized spacial score (nSPS) is 21.9. The molecule has 1 heterocycles. The summed E-state index contributed by atoms with van der Waals surface area (Å²) in [6.07, 6.45) is 2.40. The van der Waals surface area contributed by atoms with Crippen LogP contribution in [0.4, 0.5) is 11.4 Å². The van der Waals surface area contributed by atoms with Gasteiger partial charge in [0.1, 0.15) is 0 Å². The lowest BCUT2D eigenvalue weighted by molar-refractivity contribution is -0.122. The first-order valence-electron chi connectivity index (χ1n) is 11.1. The highest BCUT2D eigenvalue weighted by Gasteiger charge is 2.49. The van der Waals surface area contributed by atoms with Crippen molar-refractivity contribution in [3.05, 3.63) is 57.0 Å². The maximum absolute atomic E-state index is 12.9. The van der Waals surface area contributed by atoms with Crippen LogP contribution >= 0.6 is 27.5 Å². The number of nitrogens with zero attached hydrogens (tertiary/aromatic N) is 1. The van der Waals surface area contributed by atoms with E-state index < -0.39 is 18.5 Å². The van der Waals surface area contributed by atoms with Crippen LogP contribution in [0.2, 0.25) is 5.02 Å². The molecule has 4 rings (SSSR count). The monoisotopic (exact) mass is 546 g/mol. The van der Waals surface area contributed by atoms with Crippen LogP contribution in [0.25, 0.3) is 0 Å². The number of carbonyl (C=O) groups is 4. The molecule has 1 saturated heterocycles. The van der Waals surface area contributed by atoms with Crippen LogP contribution in [0.5, 0.6) is 0 Å². The molecule has 9 heteroatoms. The van der Waals surface area contributed by atoms with Crippen LogP contribution < -0.4 is 10.2 Å². The Morgan fingerprint density at radius 1 is 1.09 bits per heavy atom. The molecule has 0 bridgehead atoms. The Kier molecular flexibility index (Phi) is 7.09. The molecule has 0 spiro atoms. The first-order valence-corrected chi connectivity index (χ1v) is 12.2. The topological polar surface area (TPSA) is 92.8 Å². The predicted molar refractivity (Wildman–Crippen MR) is 132 cm³/mol. The van der Waals surface area contributed by atoms with Gasteiger partial charge in [-0.1, -0.05) is 18.5 Å². The molecule has 1 aliphatic heterocycles. The summed E-state index contributed by atoms with van der Waals surface area (Å²) in [5.41, 5.74) is 1.86. The Balaban J connectivity index is 1.36. The van der Waals surface area contributed by atoms with Gasteiger partial charge in [-0.25, -0.2) is 4.79 Å². The highest BCUT2D eigenvalue weighted by Crippen LogP contribution is 2.42. The lowest BCUT2D eigenvalue weighted by Crippen LogP contribution is -2.30. The van der Waals surface area contributed by atoms with Gasteiger partial charge in [0.05, 0.1) is 28.1 Å². The Labute approximate surface area is 210 Å². The molecule has 0 aromatic heterocycles. The number of imide groups is 1. The largest absolute Gasteiger partial charge is 0.452 e. The molecule has 178 valence electrons. The van der Waals surface area contributed by atoms with E-state index in [0.29, 0.717) is 32.4 Å². The van der Waals surface area contributed by atoms with Crippen LogP contribution in [0.3, 0.4) is 0 Å². The van der Waals surface area contributed by atoms with Gasteiger partial charge in [-0.05, 0) is 90.0 Å². The summed E-state index contributed by atoms with van der Waals surface area (Å²) in [5.74, 6) is -1.61. The Bertz CT molecular complexity index is 1170. The molecular formula is C25H24BrClN2O5. The zero-order valence-electron chi connectivity index (χ0n) is 18.8. The van der Waals surface area contributed by atoms with Gasteiger partial charge >= 0.3 is 5.97 Å². The first-order chi connectivity index (χ1) is 16.2. The third-order valence-corrected chi connectivity index (χ3v) is 7.87. The molecule has 3 amide bonds. The van der Waals surface area contributed by atoms with Gasteiger partial charge in [-0.2, -0.15) is 0 Å². The van der Waals surface area contributed by atoms with E-state index in [2.05, 4.69) is 28.2 Å². The van der Waals surface area contributed by atoms with E-state index in [0.717, 1.165) is 19.3 Å². The molecule has 34 heavy (non-hydrogen) atoms. The van der Waals surface area contributed by atoms with E-state index >= 15 is 0 Å². The number of nitrogens with one attached hydrogen (secondary N) is 1. The van der Waals surface area contributed by atoms with E-state index in [1.807, 2.05) is 0 Å². The smallest absolute Gasteiger partial charge is 0.338 e. The average molecular weight is 548 g/mol. The Morgan fingerprint density at radius 2 is 1.76 bits per heavy atom. The molecule has 0 unspecified atom stereocenters. The second kappa shape index (κ2) is 9.88. The minimum Gasteiger partial charge on any atom is -0.452 e. The van der Waals surface area contributed by atoms with E-state index in [4.69, 9.17) is 16.3 Å². The fourth-order valence-corrected chi connectivity index (χ4v) is 5.17. The number of esters is 1. The minimum atomic E-state index is -0.686. The second-order valence-electron chi connectivity index (χ2n) is 8.85. The van der Waals surface area contributed by atoms with Crippen LogP contribution in [0.1, 0.15) is 42.1 Å². The fourth-order valence-electron chi connectivity index (χ4n) is 4.58. The van der Waals surface area contributed by atoms with E-state index in [1.165, 1.54) is 17.0 Å². The van der Waals surface area contributed by atoms with E-state index in [-0.39, 0.29) is 29.2 Å². The third kappa shape index (κ3) is 4.74. The summed E-state index contributed by atoms with van der Waals surface area (Å²) in [6, 6.07) is 9.49. The van der Waals surface area contributed by atoms with Gasteiger partial charge in [0, 0.05) is 10.2 Å². The lowest BCUT2D eigenvalue weighted by atomic mass is 9.76. The molecule has 1 N–H and O–H groups in total. The molecular weight excluding hydrogens is 524 g/mol. The average Bonchev–Trinajstić information content (AvgIpc) is 3.07. The predicted octanol–water partition coefficient (Wildman–Crippen LogP) is 5.13. The van der Waals surface area contributed by atoms with Gasteiger partial charge in [0.25, 0.3) is 5.91 Å². The molecule has 7 nitrogen and oxygen atoms in total. The van der Waals surface area contributed by atoms with Crippen LogP contribution in [0.15, 0.2) is 40.9 Å². The van der Waals surface area contributed by atoms with Gasteiger partial charge < -0.3 is 10.1 Å². The first kappa shape index (κ1) is 24.4. The number of anilines is 2.